The smallest absolute Gasteiger partial charge is 0.0701 e. The first-order valence-electron chi connectivity index (χ1n) is 6.34. The van der Waals surface area contributed by atoms with Crippen LogP contribution in [0, 0.1) is 5.41 Å². The third-order valence-electron chi connectivity index (χ3n) is 3.64. The predicted octanol–water partition coefficient (Wildman–Crippen LogP) is 3.03. The molecule has 1 heterocycles. The van der Waals surface area contributed by atoms with Crippen LogP contribution >= 0.6 is 27.3 Å². The summed E-state index contributed by atoms with van der Waals surface area (Å²) in [5.41, 5.74) is 0.546. The van der Waals surface area contributed by atoms with E-state index in [0.717, 1.165) is 19.5 Å². The molecule has 1 aliphatic carbocycles. The molecule has 0 saturated heterocycles. The second-order valence-corrected chi connectivity index (χ2v) is 7.56. The van der Waals surface area contributed by atoms with Crippen molar-refractivity contribution in [2.75, 3.05) is 26.7 Å². The zero-order chi connectivity index (χ0) is 12.1. The molecule has 0 radical (unpaired) electrons. The molecule has 2 rings (SSSR count). The molecule has 0 aromatic carbocycles. The van der Waals surface area contributed by atoms with Gasteiger partial charge in [-0.05, 0) is 66.3 Å². The van der Waals surface area contributed by atoms with Crippen LogP contribution in [0.4, 0.5) is 0 Å². The normalized spacial score (nSPS) is 18.0. The maximum absolute atomic E-state index is 3.62. The van der Waals surface area contributed by atoms with E-state index in [-0.39, 0.29) is 0 Å². The molecular weight excluding hydrogens is 296 g/mol. The molecule has 0 amide bonds. The molecule has 1 aliphatic rings. The summed E-state index contributed by atoms with van der Waals surface area (Å²) in [4.78, 5) is 1.46. The lowest BCUT2D eigenvalue weighted by atomic mass is 9.68. The van der Waals surface area contributed by atoms with Gasteiger partial charge in [-0.2, -0.15) is 0 Å². The van der Waals surface area contributed by atoms with E-state index in [0.29, 0.717) is 5.41 Å². The summed E-state index contributed by atoms with van der Waals surface area (Å²) in [6, 6.07) is 4.34. The highest BCUT2D eigenvalue weighted by Gasteiger charge is 2.35. The van der Waals surface area contributed by atoms with Gasteiger partial charge in [-0.1, -0.05) is 6.42 Å². The van der Waals surface area contributed by atoms with Crippen LogP contribution in [0.2, 0.25) is 0 Å². The van der Waals surface area contributed by atoms with Crippen LogP contribution in [0.15, 0.2) is 15.9 Å². The van der Waals surface area contributed by atoms with Crippen LogP contribution in [-0.2, 0) is 6.42 Å². The van der Waals surface area contributed by atoms with Gasteiger partial charge in [0.1, 0.15) is 0 Å². The van der Waals surface area contributed by atoms with E-state index in [1.807, 2.05) is 11.3 Å². The van der Waals surface area contributed by atoms with Gasteiger partial charge in [-0.15, -0.1) is 11.3 Å². The van der Waals surface area contributed by atoms with Gasteiger partial charge in [0, 0.05) is 18.0 Å². The third kappa shape index (κ3) is 3.78. The van der Waals surface area contributed by atoms with Crippen LogP contribution in [-0.4, -0.2) is 26.7 Å². The Bertz CT molecular complexity index is 347. The Morgan fingerprint density at radius 3 is 2.71 bits per heavy atom. The highest BCUT2D eigenvalue weighted by Crippen LogP contribution is 2.39. The number of rotatable bonds is 7. The van der Waals surface area contributed by atoms with Gasteiger partial charge >= 0.3 is 0 Å². The predicted molar refractivity (Wildman–Crippen MR) is 78.8 cm³/mol. The van der Waals surface area contributed by atoms with Crippen molar-refractivity contribution in [3.8, 4) is 0 Å². The van der Waals surface area contributed by atoms with Gasteiger partial charge in [-0.25, -0.2) is 0 Å². The van der Waals surface area contributed by atoms with Crippen LogP contribution in [0.25, 0.3) is 0 Å². The van der Waals surface area contributed by atoms with Crippen molar-refractivity contribution in [2.45, 2.75) is 25.7 Å². The molecule has 2 N–H and O–H groups in total. The molecule has 0 aliphatic heterocycles. The van der Waals surface area contributed by atoms with E-state index in [2.05, 4.69) is 45.7 Å². The minimum Gasteiger partial charge on any atom is -0.319 e. The summed E-state index contributed by atoms with van der Waals surface area (Å²) >= 11 is 5.34. The maximum atomic E-state index is 3.62. The average molecular weight is 317 g/mol. The largest absolute Gasteiger partial charge is 0.319 e. The van der Waals surface area contributed by atoms with Gasteiger partial charge in [-0.3, -0.25) is 0 Å². The molecule has 0 bridgehead atoms. The van der Waals surface area contributed by atoms with Crippen LogP contribution in [0.3, 0.4) is 0 Å². The molecule has 4 heteroatoms. The molecule has 1 aromatic heterocycles. The second-order valence-electron chi connectivity index (χ2n) is 5.02. The number of hydrogen-bond donors (Lipinski definition) is 2. The summed E-state index contributed by atoms with van der Waals surface area (Å²) in [7, 11) is 2.06. The van der Waals surface area contributed by atoms with Gasteiger partial charge in [0.15, 0.2) is 0 Å². The summed E-state index contributed by atoms with van der Waals surface area (Å²) in [6.07, 6.45) is 5.31. The Morgan fingerprint density at radius 1 is 1.35 bits per heavy atom. The molecule has 1 aromatic rings. The molecule has 0 unspecified atom stereocenters. The first kappa shape index (κ1) is 13.5. The molecule has 17 heavy (non-hydrogen) atoms. The fourth-order valence-electron chi connectivity index (χ4n) is 2.52. The van der Waals surface area contributed by atoms with Gasteiger partial charge in [0.2, 0.25) is 0 Å². The lowest BCUT2D eigenvalue weighted by molar-refractivity contribution is 0.131. The molecule has 96 valence electrons. The maximum Gasteiger partial charge on any atom is 0.0701 e. The third-order valence-corrected chi connectivity index (χ3v) is 5.33. The van der Waals surface area contributed by atoms with Crippen molar-refractivity contribution < 1.29 is 0 Å². The molecule has 1 saturated carbocycles. The Labute approximate surface area is 116 Å². The minimum atomic E-state index is 0.546. The van der Waals surface area contributed by atoms with E-state index >= 15 is 0 Å². The van der Waals surface area contributed by atoms with Gasteiger partial charge in [0.05, 0.1) is 3.79 Å². The molecule has 0 spiro atoms. The number of hydrogen-bond acceptors (Lipinski definition) is 3. The van der Waals surface area contributed by atoms with Crippen molar-refractivity contribution in [1.29, 1.82) is 0 Å². The van der Waals surface area contributed by atoms with E-state index in [4.69, 9.17) is 0 Å². The van der Waals surface area contributed by atoms with Crippen molar-refractivity contribution in [1.82, 2.24) is 10.6 Å². The highest BCUT2D eigenvalue weighted by molar-refractivity contribution is 9.11. The molecule has 0 atom stereocenters. The van der Waals surface area contributed by atoms with E-state index in [9.17, 15) is 0 Å². The SMILES string of the molecule is CNCC1(CNCCc2ccc(Br)s2)CCC1. The zero-order valence-electron chi connectivity index (χ0n) is 10.4. The summed E-state index contributed by atoms with van der Waals surface area (Å²) in [5, 5.41) is 6.95. The first-order valence-corrected chi connectivity index (χ1v) is 7.95. The monoisotopic (exact) mass is 316 g/mol. The second kappa shape index (κ2) is 6.32. The Hall–Kier alpha value is 0.1000. The lowest BCUT2D eigenvalue weighted by Crippen LogP contribution is -2.46. The van der Waals surface area contributed by atoms with Crippen molar-refractivity contribution >= 4 is 27.3 Å². The number of thiophene rings is 1. The Morgan fingerprint density at radius 2 is 2.18 bits per heavy atom. The quantitative estimate of drug-likeness (QED) is 0.756. The average Bonchev–Trinajstić information content (AvgIpc) is 2.66. The van der Waals surface area contributed by atoms with Crippen LogP contribution in [0.1, 0.15) is 24.1 Å². The van der Waals surface area contributed by atoms with E-state index < -0.39 is 0 Å². The van der Waals surface area contributed by atoms with E-state index in [1.54, 1.807) is 0 Å². The molecular formula is C13H21BrN2S. The first-order chi connectivity index (χ1) is 8.24. The van der Waals surface area contributed by atoms with Gasteiger partial charge in [0.25, 0.3) is 0 Å². The highest BCUT2D eigenvalue weighted by atomic mass is 79.9. The topological polar surface area (TPSA) is 24.1 Å². The van der Waals surface area contributed by atoms with Crippen LogP contribution < -0.4 is 10.6 Å². The minimum absolute atomic E-state index is 0.546. The fraction of sp³-hybridized carbons (Fsp3) is 0.692. The standard InChI is InChI=1S/C13H21BrN2S/c1-15-9-13(6-2-7-13)10-16-8-5-11-3-4-12(14)17-11/h3-4,15-16H,2,5-10H2,1H3. The van der Waals surface area contributed by atoms with Crippen LogP contribution in [0.5, 0.6) is 0 Å². The number of halogens is 1. The number of nitrogens with one attached hydrogen (secondary N) is 2. The lowest BCUT2D eigenvalue weighted by Gasteiger charge is -2.42. The van der Waals surface area contributed by atoms with Gasteiger partial charge < -0.3 is 10.6 Å². The molecule has 2 nitrogen and oxygen atoms in total. The Kier molecular flexibility index (Phi) is 5.03. The van der Waals surface area contributed by atoms with Crippen molar-refractivity contribution in [3.63, 3.8) is 0 Å². The summed E-state index contributed by atoms with van der Waals surface area (Å²) in [5.74, 6) is 0. The van der Waals surface area contributed by atoms with Crippen molar-refractivity contribution in [2.24, 2.45) is 5.41 Å². The Balaban J connectivity index is 1.65. The summed E-state index contributed by atoms with van der Waals surface area (Å²) in [6.45, 7) is 3.42. The van der Waals surface area contributed by atoms with E-state index in [1.165, 1.54) is 34.5 Å². The fourth-order valence-corrected chi connectivity index (χ4v) is 4.00. The zero-order valence-corrected chi connectivity index (χ0v) is 12.8. The molecule has 1 fully saturated rings. The summed E-state index contributed by atoms with van der Waals surface area (Å²) < 4.78 is 1.23. The van der Waals surface area contributed by atoms with Crippen molar-refractivity contribution in [3.05, 3.63) is 20.8 Å².